The van der Waals surface area contributed by atoms with Gasteiger partial charge < -0.3 is 5.32 Å². The molecule has 78 valence electrons. The lowest BCUT2D eigenvalue weighted by Gasteiger charge is -2.06. The highest BCUT2D eigenvalue weighted by Crippen LogP contribution is 2.12. The molecule has 1 heterocycles. The summed E-state index contributed by atoms with van der Waals surface area (Å²) < 4.78 is 0. The Morgan fingerprint density at radius 2 is 1.94 bits per heavy atom. The fourth-order valence-electron chi connectivity index (χ4n) is 1.43. The summed E-state index contributed by atoms with van der Waals surface area (Å²) in [5.74, 6) is 0. The molecule has 0 saturated carbocycles. The van der Waals surface area contributed by atoms with E-state index in [1.807, 2.05) is 42.5 Å². The average molecular weight is 209 g/mol. The van der Waals surface area contributed by atoms with Gasteiger partial charge in [0.25, 0.3) is 0 Å². The second kappa shape index (κ2) is 4.94. The van der Waals surface area contributed by atoms with Crippen molar-refractivity contribution in [3.05, 3.63) is 59.9 Å². The van der Waals surface area contributed by atoms with Crippen LogP contribution in [0.1, 0.15) is 11.3 Å². The van der Waals surface area contributed by atoms with Crippen LogP contribution in [-0.2, 0) is 6.54 Å². The predicted octanol–water partition coefficient (Wildman–Crippen LogP) is 2.57. The molecule has 0 atom stereocenters. The number of pyridine rings is 1. The summed E-state index contributed by atoms with van der Waals surface area (Å²) in [5, 5.41) is 12.1. The number of anilines is 1. The summed E-state index contributed by atoms with van der Waals surface area (Å²) in [4.78, 5) is 3.99. The zero-order valence-corrected chi connectivity index (χ0v) is 8.72. The molecule has 0 fully saturated rings. The fourth-order valence-corrected chi connectivity index (χ4v) is 1.43. The third kappa shape index (κ3) is 2.37. The Morgan fingerprint density at radius 3 is 2.69 bits per heavy atom. The van der Waals surface area contributed by atoms with Crippen molar-refractivity contribution in [2.24, 2.45) is 0 Å². The van der Waals surface area contributed by atoms with Crippen LogP contribution in [-0.4, -0.2) is 4.98 Å². The molecule has 1 N–H and O–H groups in total. The van der Waals surface area contributed by atoms with Gasteiger partial charge in [-0.05, 0) is 17.7 Å². The number of nitrogens with zero attached hydrogens (tertiary/aromatic N) is 2. The van der Waals surface area contributed by atoms with Crippen LogP contribution in [0.3, 0.4) is 0 Å². The Hall–Kier alpha value is -2.34. The molecule has 0 unspecified atom stereocenters. The first-order chi connectivity index (χ1) is 7.90. The third-order valence-corrected chi connectivity index (χ3v) is 2.24. The molecule has 3 nitrogen and oxygen atoms in total. The molecular formula is C13H11N3. The molecule has 3 heteroatoms. The molecule has 16 heavy (non-hydrogen) atoms. The lowest BCUT2D eigenvalue weighted by atomic mass is 10.2. The van der Waals surface area contributed by atoms with Gasteiger partial charge in [0, 0.05) is 12.7 Å². The van der Waals surface area contributed by atoms with E-state index < -0.39 is 0 Å². The van der Waals surface area contributed by atoms with Crippen LogP contribution < -0.4 is 5.32 Å². The first kappa shape index (κ1) is 10.2. The van der Waals surface area contributed by atoms with Gasteiger partial charge >= 0.3 is 0 Å². The number of hydrogen-bond donors (Lipinski definition) is 1. The summed E-state index contributed by atoms with van der Waals surface area (Å²) in [7, 11) is 0. The molecule has 0 spiro atoms. The Balaban J connectivity index is 2.09. The molecular weight excluding hydrogens is 198 g/mol. The summed E-state index contributed by atoms with van der Waals surface area (Å²) in [5.41, 5.74) is 2.38. The van der Waals surface area contributed by atoms with Gasteiger partial charge in [0.15, 0.2) is 5.69 Å². The van der Waals surface area contributed by atoms with Gasteiger partial charge in [-0.1, -0.05) is 30.3 Å². The number of rotatable bonds is 3. The summed E-state index contributed by atoms with van der Waals surface area (Å²) in [6.07, 6.45) is 1.62. The predicted molar refractivity (Wildman–Crippen MR) is 62.7 cm³/mol. The van der Waals surface area contributed by atoms with E-state index in [9.17, 15) is 0 Å². The molecule has 0 aliphatic heterocycles. The van der Waals surface area contributed by atoms with Crippen LogP contribution in [0.15, 0.2) is 48.7 Å². The van der Waals surface area contributed by atoms with Crippen molar-refractivity contribution in [1.29, 1.82) is 5.26 Å². The van der Waals surface area contributed by atoms with Crippen molar-refractivity contribution in [2.75, 3.05) is 5.32 Å². The maximum absolute atomic E-state index is 8.86. The number of benzene rings is 1. The van der Waals surface area contributed by atoms with Gasteiger partial charge in [0.2, 0.25) is 0 Å². The van der Waals surface area contributed by atoms with Crippen LogP contribution in [0.4, 0.5) is 5.69 Å². The van der Waals surface area contributed by atoms with Gasteiger partial charge in [0.05, 0.1) is 5.69 Å². The van der Waals surface area contributed by atoms with E-state index >= 15 is 0 Å². The topological polar surface area (TPSA) is 48.7 Å². The smallest absolute Gasteiger partial charge is 0.163 e. The monoisotopic (exact) mass is 209 g/mol. The van der Waals surface area contributed by atoms with Crippen LogP contribution in [0, 0.1) is 11.3 Å². The highest BCUT2D eigenvalue weighted by atomic mass is 14.9. The van der Waals surface area contributed by atoms with E-state index in [0.717, 1.165) is 5.69 Å². The molecule has 0 radical (unpaired) electrons. The quantitative estimate of drug-likeness (QED) is 0.845. The minimum Gasteiger partial charge on any atom is -0.379 e. The normalized spacial score (nSPS) is 9.44. The first-order valence-electron chi connectivity index (χ1n) is 5.03. The molecule has 0 amide bonds. The van der Waals surface area contributed by atoms with Gasteiger partial charge in [0.1, 0.15) is 6.07 Å². The van der Waals surface area contributed by atoms with E-state index in [1.165, 1.54) is 5.56 Å². The highest BCUT2D eigenvalue weighted by molar-refractivity contribution is 5.53. The maximum Gasteiger partial charge on any atom is 0.163 e. The molecule has 0 saturated heterocycles. The number of nitriles is 1. The lowest BCUT2D eigenvalue weighted by molar-refractivity contribution is 1.13. The first-order valence-corrected chi connectivity index (χ1v) is 5.03. The zero-order valence-electron chi connectivity index (χ0n) is 8.72. The zero-order chi connectivity index (χ0) is 11.2. The van der Waals surface area contributed by atoms with Gasteiger partial charge in [-0.2, -0.15) is 5.26 Å². The van der Waals surface area contributed by atoms with Crippen LogP contribution in [0.25, 0.3) is 0 Å². The maximum atomic E-state index is 8.86. The van der Waals surface area contributed by atoms with Crippen molar-refractivity contribution < 1.29 is 0 Å². The van der Waals surface area contributed by atoms with E-state index in [4.69, 9.17) is 5.26 Å². The number of nitrogens with one attached hydrogen (secondary N) is 1. The van der Waals surface area contributed by atoms with E-state index in [2.05, 4.69) is 16.4 Å². The Labute approximate surface area is 94.4 Å². The van der Waals surface area contributed by atoms with Crippen molar-refractivity contribution in [3.63, 3.8) is 0 Å². The number of hydrogen-bond acceptors (Lipinski definition) is 3. The SMILES string of the molecule is N#Cc1ncccc1NCc1ccccc1. The Kier molecular flexibility index (Phi) is 3.15. The largest absolute Gasteiger partial charge is 0.379 e. The third-order valence-electron chi connectivity index (χ3n) is 2.24. The molecule has 0 bridgehead atoms. The van der Waals surface area contributed by atoms with Crippen molar-refractivity contribution >= 4 is 5.69 Å². The minimum atomic E-state index is 0.429. The molecule has 2 rings (SSSR count). The number of aromatic nitrogens is 1. The van der Waals surface area contributed by atoms with E-state index in [1.54, 1.807) is 6.20 Å². The molecule has 0 aliphatic carbocycles. The van der Waals surface area contributed by atoms with Gasteiger partial charge in [-0.25, -0.2) is 4.98 Å². The second-order valence-corrected chi connectivity index (χ2v) is 3.35. The van der Waals surface area contributed by atoms with Crippen LogP contribution in [0.2, 0.25) is 0 Å². The molecule has 0 aliphatic rings. The second-order valence-electron chi connectivity index (χ2n) is 3.35. The summed E-state index contributed by atoms with van der Waals surface area (Å²) >= 11 is 0. The Bertz CT molecular complexity index is 500. The average Bonchev–Trinajstić information content (AvgIpc) is 2.38. The standard InChI is InChI=1S/C13H11N3/c14-9-13-12(7-4-8-15-13)16-10-11-5-2-1-3-6-11/h1-8,16H,10H2. The van der Waals surface area contributed by atoms with Crippen LogP contribution in [0.5, 0.6) is 0 Å². The van der Waals surface area contributed by atoms with Crippen molar-refractivity contribution in [1.82, 2.24) is 4.98 Å². The molecule has 1 aromatic carbocycles. The highest BCUT2D eigenvalue weighted by Gasteiger charge is 2.00. The van der Waals surface area contributed by atoms with E-state index in [-0.39, 0.29) is 0 Å². The fraction of sp³-hybridized carbons (Fsp3) is 0.0769. The lowest BCUT2D eigenvalue weighted by Crippen LogP contribution is -2.01. The van der Waals surface area contributed by atoms with Crippen molar-refractivity contribution in [2.45, 2.75) is 6.54 Å². The van der Waals surface area contributed by atoms with Crippen LogP contribution >= 0.6 is 0 Å². The Morgan fingerprint density at radius 1 is 1.12 bits per heavy atom. The van der Waals surface area contributed by atoms with Gasteiger partial charge in [-0.15, -0.1) is 0 Å². The van der Waals surface area contributed by atoms with E-state index in [0.29, 0.717) is 12.2 Å². The summed E-state index contributed by atoms with van der Waals surface area (Å²) in [6, 6.07) is 15.8. The molecule has 1 aromatic heterocycles. The molecule has 2 aromatic rings. The minimum absolute atomic E-state index is 0.429. The summed E-state index contributed by atoms with van der Waals surface area (Å²) in [6.45, 7) is 0.696. The van der Waals surface area contributed by atoms with Crippen molar-refractivity contribution in [3.8, 4) is 6.07 Å². The van der Waals surface area contributed by atoms with Gasteiger partial charge in [-0.3, -0.25) is 0 Å².